The van der Waals surface area contributed by atoms with Gasteiger partial charge >= 0.3 is 5.97 Å². The number of cyclic esters (lactones) is 1. The molecular formula is C27H36O8. The molecule has 0 amide bonds. The first kappa shape index (κ1) is 27.1. The first-order chi connectivity index (χ1) is 16.7. The monoisotopic (exact) mass is 488 g/mol. The maximum atomic E-state index is 13.4. The molecule has 1 fully saturated rings. The topological polar surface area (TPSA) is 101 Å². The molecular weight excluding hydrogens is 452 g/mol. The van der Waals surface area contributed by atoms with Crippen molar-refractivity contribution in [3.8, 4) is 5.75 Å². The molecule has 2 aliphatic rings. The molecule has 0 unspecified atom stereocenters. The van der Waals surface area contributed by atoms with Crippen molar-refractivity contribution in [2.45, 2.75) is 71.1 Å². The third-order valence-electron chi connectivity index (χ3n) is 6.15. The number of aliphatic hydroxyl groups is 1. The van der Waals surface area contributed by atoms with E-state index >= 15 is 0 Å². The van der Waals surface area contributed by atoms with E-state index in [0.29, 0.717) is 36.1 Å². The molecule has 0 bridgehead atoms. The zero-order valence-electron chi connectivity index (χ0n) is 21.1. The third-order valence-corrected chi connectivity index (χ3v) is 6.15. The lowest BCUT2D eigenvalue weighted by molar-refractivity contribution is -0.152. The van der Waals surface area contributed by atoms with Crippen LogP contribution >= 0.6 is 0 Å². The lowest BCUT2D eigenvalue weighted by Crippen LogP contribution is -2.30. The standard InChI is InChI=1S/C27H36O8/c1-17-11-13-21(29)25-23(34-27(3,4)35-25)10-6-9-20-19(8-7-15-28)12-14-22(32-16-31-5)24(20)26(30)33-18(17)2/h6,9,11-14,17-18,23,25,28H,7-8,10,15-16H2,1-5H3/b9-6+,13-11-/t17-,18+,23+,25-/m1/s1. The Morgan fingerprint density at radius 3 is 2.63 bits per heavy atom. The molecule has 0 saturated carbocycles. The van der Waals surface area contributed by atoms with Crippen LogP contribution in [0, 0.1) is 5.92 Å². The van der Waals surface area contributed by atoms with Gasteiger partial charge in [-0.3, -0.25) is 4.79 Å². The van der Waals surface area contributed by atoms with Gasteiger partial charge < -0.3 is 28.8 Å². The van der Waals surface area contributed by atoms with E-state index in [-0.39, 0.29) is 25.1 Å². The molecule has 1 aromatic carbocycles. The van der Waals surface area contributed by atoms with Gasteiger partial charge in [-0.2, -0.15) is 0 Å². The fourth-order valence-corrected chi connectivity index (χ4v) is 4.18. The molecule has 0 aromatic heterocycles. The van der Waals surface area contributed by atoms with Crippen molar-refractivity contribution in [3.63, 3.8) is 0 Å². The summed E-state index contributed by atoms with van der Waals surface area (Å²) >= 11 is 0. The Balaban J connectivity index is 2.10. The highest BCUT2D eigenvalue weighted by atomic mass is 16.8. The summed E-state index contributed by atoms with van der Waals surface area (Å²) < 4.78 is 28.5. The average Bonchev–Trinajstić information content (AvgIpc) is 3.13. The number of carbonyl (C=O) groups is 2. The molecule has 0 aliphatic carbocycles. The minimum absolute atomic E-state index is 0.0257. The highest BCUT2D eigenvalue weighted by Crippen LogP contribution is 2.33. The van der Waals surface area contributed by atoms with Crippen molar-refractivity contribution in [1.29, 1.82) is 0 Å². The normalized spacial score (nSPS) is 28.4. The Labute approximate surface area is 206 Å². The summed E-state index contributed by atoms with van der Waals surface area (Å²) in [5, 5.41) is 9.38. The fourth-order valence-electron chi connectivity index (χ4n) is 4.18. The Morgan fingerprint density at radius 1 is 1.14 bits per heavy atom. The van der Waals surface area contributed by atoms with E-state index in [1.165, 1.54) is 13.2 Å². The van der Waals surface area contributed by atoms with Crippen LogP contribution < -0.4 is 4.74 Å². The number of benzene rings is 1. The van der Waals surface area contributed by atoms with Crippen molar-refractivity contribution < 1.29 is 38.4 Å². The summed E-state index contributed by atoms with van der Waals surface area (Å²) in [7, 11) is 1.51. The quantitative estimate of drug-likeness (QED) is 0.476. The highest BCUT2D eigenvalue weighted by molar-refractivity contribution is 5.97. The Kier molecular flexibility index (Phi) is 9.24. The SMILES string of the molecule is COCOc1ccc(CCCO)c2c1C(=O)O[C@@H](C)[C@H](C)/C=C\C(=O)[C@H]1OC(C)(C)O[C@H]1C/C=C/2. The zero-order chi connectivity index (χ0) is 25.6. The van der Waals surface area contributed by atoms with E-state index in [0.717, 1.165) is 5.56 Å². The van der Waals surface area contributed by atoms with Gasteiger partial charge in [-0.05, 0) is 63.3 Å². The van der Waals surface area contributed by atoms with Crippen LogP contribution in [0.25, 0.3) is 6.08 Å². The fraction of sp³-hybridized carbons (Fsp3) is 0.556. The van der Waals surface area contributed by atoms with E-state index in [9.17, 15) is 14.7 Å². The van der Waals surface area contributed by atoms with Gasteiger partial charge in [0.2, 0.25) is 0 Å². The van der Waals surface area contributed by atoms with Crippen LogP contribution in [0.1, 0.15) is 62.0 Å². The molecule has 8 nitrogen and oxygen atoms in total. The molecule has 2 aliphatic heterocycles. The largest absolute Gasteiger partial charge is 0.467 e. The number of rotatable bonds is 6. The predicted molar refractivity (Wildman–Crippen MR) is 130 cm³/mol. The highest BCUT2D eigenvalue weighted by Gasteiger charge is 2.43. The molecule has 192 valence electrons. The summed E-state index contributed by atoms with van der Waals surface area (Å²) in [6.45, 7) is 7.23. The Hall–Kier alpha value is -2.52. The van der Waals surface area contributed by atoms with Gasteiger partial charge in [-0.15, -0.1) is 0 Å². The minimum atomic E-state index is -0.885. The van der Waals surface area contributed by atoms with Gasteiger partial charge in [-0.25, -0.2) is 4.79 Å². The van der Waals surface area contributed by atoms with Crippen LogP contribution in [0.5, 0.6) is 5.75 Å². The predicted octanol–water partition coefficient (Wildman–Crippen LogP) is 3.84. The zero-order valence-corrected chi connectivity index (χ0v) is 21.1. The van der Waals surface area contributed by atoms with E-state index in [2.05, 4.69) is 0 Å². The van der Waals surface area contributed by atoms with Gasteiger partial charge in [0, 0.05) is 19.6 Å². The first-order valence-corrected chi connectivity index (χ1v) is 12.0. The Morgan fingerprint density at radius 2 is 1.91 bits per heavy atom. The maximum Gasteiger partial charge on any atom is 0.342 e. The molecule has 1 N–H and O–H groups in total. The summed E-state index contributed by atoms with van der Waals surface area (Å²) in [5.74, 6) is -1.47. The summed E-state index contributed by atoms with van der Waals surface area (Å²) in [4.78, 5) is 26.3. The second-order valence-electron chi connectivity index (χ2n) is 9.35. The van der Waals surface area contributed by atoms with E-state index in [4.69, 9.17) is 23.7 Å². The molecule has 2 heterocycles. The molecule has 0 spiro atoms. The van der Waals surface area contributed by atoms with Crippen molar-refractivity contribution in [1.82, 2.24) is 0 Å². The van der Waals surface area contributed by atoms with Crippen LogP contribution in [0.15, 0.2) is 30.4 Å². The average molecular weight is 489 g/mol. The van der Waals surface area contributed by atoms with Crippen LogP contribution in [0.4, 0.5) is 0 Å². The number of aryl methyl sites for hydroxylation is 1. The molecule has 1 aromatic rings. The summed E-state index contributed by atoms with van der Waals surface area (Å²) in [5.41, 5.74) is 1.81. The number of methoxy groups -OCH3 is 1. The number of hydrogen-bond donors (Lipinski definition) is 1. The molecule has 8 heteroatoms. The van der Waals surface area contributed by atoms with Crippen molar-refractivity contribution >= 4 is 17.8 Å². The number of carbonyl (C=O) groups excluding carboxylic acids is 2. The van der Waals surface area contributed by atoms with E-state index < -0.39 is 30.1 Å². The van der Waals surface area contributed by atoms with E-state index in [1.54, 1.807) is 32.9 Å². The molecule has 35 heavy (non-hydrogen) atoms. The lowest BCUT2D eigenvalue weighted by Gasteiger charge is -2.22. The summed E-state index contributed by atoms with van der Waals surface area (Å²) in [6.07, 6.45) is 6.70. The maximum absolute atomic E-state index is 13.4. The van der Waals surface area contributed by atoms with Gasteiger partial charge in [0.25, 0.3) is 0 Å². The van der Waals surface area contributed by atoms with Gasteiger partial charge in [0.15, 0.2) is 18.4 Å². The number of fused-ring (bicyclic) bond motifs is 2. The second kappa shape index (κ2) is 11.9. The van der Waals surface area contributed by atoms with Crippen molar-refractivity contribution in [2.24, 2.45) is 5.92 Å². The van der Waals surface area contributed by atoms with Crippen molar-refractivity contribution in [2.75, 3.05) is 20.5 Å². The molecule has 4 atom stereocenters. The Bertz CT molecular complexity index is 964. The van der Waals surface area contributed by atoms with Crippen LogP contribution in [0.3, 0.4) is 0 Å². The number of hydrogen-bond acceptors (Lipinski definition) is 8. The van der Waals surface area contributed by atoms with Gasteiger partial charge in [0.05, 0.1) is 6.10 Å². The van der Waals surface area contributed by atoms with Gasteiger partial charge in [-0.1, -0.05) is 31.2 Å². The lowest BCUT2D eigenvalue weighted by atomic mass is 9.95. The van der Waals surface area contributed by atoms with Crippen molar-refractivity contribution in [3.05, 3.63) is 47.1 Å². The first-order valence-electron chi connectivity index (χ1n) is 12.0. The van der Waals surface area contributed by atoms with Crippen LogP contribution in [-0.4, -0.2) is 61.5 Å². The number of ketones is 1. The number of ether oxygens (including phenoxy) is 5. The molecule has 1 saturated heterocycles. The van der Waals surface area contributed by atoms with Crippen LogP contribution in [-0.2, 0) is 30.2 Å². The molecule has 3 rings (SSSR count). The van der Waals surface area contributed by atoms with Crippen LogP contribution in [0.2, 0.25) is 0 Å². The minimum Gasteiger partial charge on any atom is -0.467 e. The molecule has 0 radical (unpaired) electrons. The number of esters is 1. The second-order valence-corrected chi connectivity index (χ2v) is 9.35. The van der Waals surface area contributed by atoms with E-state index in [1.807, 2.05) is 25.1 Å². The van der Waals surface area contributed by atoms with Gasteiger partial charge in [0.1, 0.15) is 23.5 Å². The third kappa shape index (κ3) is 6.79. The number of aliphatic hydroxyl groups excluding tert-OH is 1. The smallest absolute Gasteiger partial charge is 0.342 e. The summed E-state index contributed by atoms with van der Waals surface area (Å²) in [6, 6.07) is 3.60.